The molecule has 0 heterocycles. The van der Waals surface area contributed by atoms with Gasteiger partial charge < -0.3 is 10.1 Å². The zero-order valence-electron chi connectivity index (χ0n) is 11.9. The molecule has 0 aliphatic carbocycles. The van der Waals surface area contributed by atoms with Crippen molar-refractivity contribution in [2.45, 2.75) is 33.0 Å². The van der Waals surface area contributed by atoms with Crippen molar-refractivity contribution in [3.63, 3.8) is 0 Å². The molecule has 3 heteroatoms. The molecule has 0 aliphatic rings. The van der Waals surface area contributed by atoms with Gasteiger partial charge in [-0.05, 0) is 49.2 Å². The molecule has 1 N–H and O–H groups in total. The number of nitrogens with one attached hydrogen (secondary N) is 1. The van der Waals surface area contributed by atoms with Gasteiger partial charge in [0.2, 0.25) is 0 Å². The van der Waals surface area contributed by atoms with E-state index in [9.17, 15) is 0 Å². The van der Waals surface area contributed by atoms with Crippen molar-refractivity contribution >= 4 is 11.6 Å². The molecule has 0 atom stereocenters. The lowest BCUT2D eigenvalue weighted by Gasteiger charge is -2.11. The number of rotatable bonds is 6. The van der Waals surface area contributed by atoms with Crippen LogP contribution in [0.15, 0.2) is 48.5 Å². The van der Waals surface area contributed by atoms with Gasteiger partial charge in [-0.3, -0.25) is 0 Å². The fraction of sp³-hybridized carbons (Fsp3) is 0.294. The van der Waals surface area contributed by atoms with E-state index in [0.29, 0.717) is 0 Å². The molecule has 0 aliphatic heterocycles. The fourth-order valence-electron chi connectivity index (χ4n) is 1.95. The highest BCUT2D eigenvalue weighted by Crippen LogP contribution is 2.15. The molecular formula is C17H20ClNO. The molecule has 0 amide bonds. The van der Waals surface area contributed by atoms with Crippen molar-refractivity contribution in [2.75, 3.05) is 0 Å². The van der Waals surface area contributed by atoms with E-state index in [1.54, 1.807) is 0 Å². The number of hydrogen-bond acceptors (Lipinski definition) is 2. The summed E-state index contributed by atoms with van der Waals surface area (Å²) in [4.78, 5) is 0. The predicted octanol–water partition coefficient (Wildman–Crippen LogP) is 4.42. The van der Waals surface area contributed by atoms with Gasteiger partial charge in [0.25, 0.3) is 0 Å². The number of halogens is 1. The van der Waals surface area contributed by atoms with E-state index in [2.05, 4.69) is 17.4 Å². The van der Waals surface area contributed by atoms with E-state index >= 15 is 0 Å². The van der Waals surface area contributed by atoms with Crippen LogP contribution < -0.4 is 10.1 Å². The Hall–Kier alpha value is -1.51. The molecule has 0 aromatic heterocycles. The van der Waals surface area contributed by atoms with Crippen LogP contribution in [-0.2, 0) is 13.1 Å². The van der Waals surface area contributed by atoms with E-state index in [-0.39, 0.29) is 6.10 Å². The minimum Gasteiger partial charge on any atom is -0.491 e. The summed E-state index contributed by atoms with van der Waals surface area (Å²) in [5, 5.41) is 4.19. The quantitative estimate of drug-likeness (QED) is 0.850. The van der Waals surface area contributed by atoms with Crippen LogP contribution in [0.1, 0.15) is 25.0 Å². The van der Waals surface area contributed by atoms with Crippen molar-refractivity contribution in [2.24, 2.45) is 0 Å². The molecule has 0 saturated heterocycles. The van der Waals surface area contributed by atoms with Crippen LogP contribution in [0.2, 0.25) is 5.02 Å². The van der Waals surface area contributed by atoms with Gasteiger partial charge in [-0.15, -0.1) is 0 Å². The maximum Gasteiger partial charge on any atom is 0.120 e. The van der Waals surface area contributed by atoms with Crippen molar-refractivity contribution in [3.8, 4) is 5.75 Å². The molecule has 0 radical (unpaired) electrons. The topological polar surface area (TPSA) is 21.3 Å². The summed E-state index contributed by atoms with van der Waals surface area (Å²) in [7, 11) is 0. The van der Waals surface area contributed by atoms with Crippen LogP contribution >= 0.6 is 11.6 Å². The smallest absolute Gasteiger partial charge is 0.120 e. The summed E-state index contributed by atoms with van der Waals surface area (Å²) < 4.78 is 5.69. The Balaban J connectivity index is 1.86. The van der Waals surface area contributed by atoms with Crippen molar-refractivity contribution in [3.05, 3.63) is 64.7 Å². The lowest BCUT2D eigenvalue weighted by atomic mass is 10.2. The summed E-state index contributed by atoms with van der Waals surface area (Å²) in [5.74, 6) is 0.922. The zero-order chi connectivity index (χ0) is 14.4. The molecule has 2 aromatic rings. The zero-order valence-corrected chi connectivity index (χ0v) is 12.7. The molecule has 20 heavy (non-hydrogen) atoms. The van der Waals surface area contributed by atoms with Gasteiger partial charge in [0.15, 0.2) is 0 Å². The second-order valence-electron chi connectivity index (χ2n) is 5.04. The Morgan fingerprint density at radius 3 is 2.40 bits per heavy atom. The minimum atomic E-state index is 0.201. The molecule has 0 bridgehead atoms. The van der Waals surface area contributed by atoms with E-state index in [4.69, 9.17) is 16.3 Å². The van der Waals surface area contributed by atoms with E-state index < -0.39 is 0 Å². The molecule has 2 rings (SSSR count). The molecule has 0 fully saturated rings. The summed E-state index contributed by atoms with van der Waals surface area (Å²) >= 11 is 5.87. The van der Waals surface area contributed by atoms with Gasteiger partial charge in [0.05, 0.1) is 6.10 Å². The van der Waals surface area contributed by atoms with Crippen LogP contribution in [0.4, 0.5) is 0 Å². The number of benzene rings is 2. The molecule has 0 spiro atoms. The first-order valence-corrected chi connectivity index (χ1v) is 7.22. The molecule has 0 saturated carbocycles. The highest BCUT2D eigenvalue weighted by molar-refractivity contribution is 6.30. The maximum absolute atomic E-state index is 5.87. The molecular weight excluding hydrogens is 270 g/mol. The van der Waals surface area contributed by atoms with Crippen LogP contribution in [0.3, 0.4) is 0 Å². The van der Waals surface area contributed by atoms with Gasteiger partial charge >= 0.3 is 0 Å². The molecule has 2 nitrogen and oxygen atoms in total. The number of hydrogen-bond donors (Lipinski definition) is 1. The largest absolute Gasteiger partial charge is 0.491 e. The lowest BCUT2D eigenvalue weighted by molar-refractivity contribution is 0.242. The van der Waals surface area contributed by atoms with Crippen LogP contribution in [-0.4, -0.2) is 6.10 Å². The lowest BCUT2D eigenvalue weighted by Crippen LogP contribution is -2.13. The van der Waals surface area contributed by atoms with E-state index in [1.165, 1.54) is 11.1 Å². The number of ether oxygens (including phenoxy) is 1. The van der Waals surface area contributed by atoms with Crippen LogP contribution in [0, 0.1) is 0 Å². The van der Waals surface area contributed by atoms with E-state index in [0.717, 1.165) is 23.9 Å². The van der Waals surface area contributed by atoms with Gasteiger partial charge in [-0.2, -0.15) is 0 Å². The van der Waals surface area contributed by atoms with Crippen LogP contribution in [0.5, 0.6) is 5.75 Å². The first-order valence-electron chi connectivity index (χ1n) is 6.84. The Kier molecular flexibility index (Phi) is 5.45. The second kappa shape index (κ2) is 7.32. The second-order valence-corrected chi connectivity index (χ2v) is 5.48. The Labute approximate surface area is 125 Å². The first-order chi connectivity index (χ1) is 9.63. The Morgan fingerprint density at radius 1 is 1.00 bits per heavy atom. The first kappa shape index (κ1) is 14.9. The predicted molar refractivity (Wildman–Crippen MR) is 84.2 cm³/mol. The fourth-order valence-corrected chi connectivity index (χ4v) is 2.08. The van der Waals surface area contributed by atoms with Crippen molar-refractivity contribution < 1.29 is 4.74 Å². The average molecular weight is 290 g/mol. The maximum atomic E-state index is 5.87. The average Bonchev–Trinajstić information content (AvgIpc) is 2.41. The highest BCUT2D eigenvalue weighted by Gasteiger charge is 2.00. The van der Waals surface area contributed by atoms with Crippen molar-refractivity contribution in [1.29, 1.82) is 0 Å². The van der Waals surface area contributed by atoms with Crippen LogP contribution in [0.25, 0.3) is 0 Å². The summed E-state index contributed by atoms with van der Waals surface area (Å²) in [6, 6.07) is 16.1. The SMILES string of the molecule is CC(C)Oc1cccc(CNCc2ccc(Cl)cc2)c1. The third-order valence-electron chi connectivity index (χ3n) is 2.84. The minimum absolute atomic E-state index is 0.201. The van der Waals surface area contributed by atoms with E-state index in [1.807, 2.05) is 50.2 Å². The Bertz CT molecular complexity index is 537. The molecule has 0 unspecified atom stereocenters. The van der Waals surface area contributed by atoms with Gasteiger partial charge in [0.1, 0.15) is 5.75 Å². The third-order valence-corrected chi connectivity index (χ3v) is 3.09. The van der Waals surface area contributed by atoms with Gasteiger partial charge in [-0.1, -0.05) is 35.9 Å². The monoisotopic (exact) mass is 289 g/mol. The summed E-state index contributed by atoms with van der Waals surface area (Å²) in [6.45, 7) is 5.71. The van der Waals surface area contributed by atoms with Crippen molar-refractivity contribution in [1.82, 2.24) is 5.32 Å². The molecule has 106 valence electrons. The third kappa shape index (κ3) is 4.87. The normalized spacial score (nSPS) is 10.8. The van der Waals surface area contributed by atoms with Gasteiger partial charge in [0, 0.05) is 18.1 Å². The highest BCUT2D eigenvalue weighted by atomic mass is 35.5. The van der Waals surface area contributed by atoms with Gasteiger partial charge in [-0.25, -0.2) is 0 Å². The molecule has 2 aromatic carbocycles. The summed E-state index contributed by atoms with van der Waals surface area (Å²) in [5.41, 5.74) is 2.45. The standard InChI is InChI=1S/C17H20ClNO/c1-13(2)20-17-5-3-4-15(10-17)12-19-11-14-6-8-16(18)9-7-14/h3-10,13,19H,11-12H2,1-2H3. The Morgan fingerprint density at radius 2 is 1.70 bits per heavy atom. The summed E-state index contributed by atoms with van der Waals surface area (Å²) in [6.07, 6.45) is 0.201.